The fourth-order valence-electron chi connectivity index (χ4n) is 4.53. The van der Waals surface area contributed by atoms with Crippen LogP contribution in [0.25, 0.3) is 0 Å². The summed E-state index contributed by atoms with van der Waals surface area (Å²) in [5.74, 6) is -2.25. The van der Waals surface area contributed by atoms with E-state index in [2.05, 4.69) is 33.4 Å². The number of rotatable bonds is 13. The average molecular weight is 597 g/mol. The Balaban J connectivity index is 1.90. The van der Waals surface area contributed by atoms with Gasteiger partial charge < -0.3 is 31.5 Å². The first-order chi connectivity index (χ1) is 20.6. The van der Waals surface area contributed by atoms with Crippen molar-refractivity contribution in [2.24, 2.45) is 5.92 Å². The summed E-state index contributed by atoms with van der Waals surface area (Å²) in [5, 5.41) is 31.3. The molecule has 0 fully saturated rings. The summed E-state index contributed by atoms with van der Waals surface area (Å²) in [7, 11) is 0. The molecule has 10 nitrogen and oxygen atoms in total. The van der Waals surface area contributed by atoms with Gasteiger partial charge in [0.05, 0.1) is 12.2 Å². The number of hydrogen-bond acceptors (Lipinski definition) is 6. The molecule has 0 radical (unpaired) electrons. The van der Waals surface area contributed by atoms with E-state index in [0.717, 1.165) is 32.1 Å². The summed E-state index contributed by atoms with van der Waals surface area (Å²) < 4.78 is 0. The third-order valence-electron chi connectivity index (χ3n) is 7.14. The molecular formula is C33H48N4O6. The van der Waals surface area contributed by atoms with Crippen LogP contribution >= 0.6 is 0 Å². The number of amides is 4. The SMILES string of the molecule is CC(C)[C@H]1/C=C/C(=O)NCCC(O)CC(NC(=O)[C@@H](NC(=O)/C=C/C=C/CCCCCc2ccccc2)[C@@H](C)O)C(=O)N1. The van der Waals surface area contributed by atoms with Crippen molar-refractivity contribution in [1.29, 1.82) is 0 Å². The molecule has 1 aromatic carbocycles. The predicted molar refractivity (Wildman–Crippen MR) is 167 cm³/mol. The first-order valence-electron chi connectivity index (χ1n) is 15.2. The highest BCUT2D eigenvalue weighted by molar-refractivity contribution is 5.95. The Morgan fingerprint density at radius 2 is 1.81 bits per heavy atom. The van der Waals surface area contributed by atoms with Gasteiger partial charge in [-0.15, -0.1) is 0 Å². The molecule has 10 heteroatoms. The molecular weight excluding hydrogens is 548 g/mol. The van der Waals surface area contributed by atoms with Gasteiger partial charge in [-0.1, -0.05) is 74.9 Å². The van der Waals surface area contributed by atoms with Crippen molar-refractivity contribution in [2.75, 3.05) is 6.54 Å². The number of hydrogen-bond donors (Lipinski definition) is 6. The molecule has 2 rings (SSSR count). The van der Waals surface area contributed by atoms with Crippen molar-refractivity contribution in [3.8, 4) is 0 Å². The van der Waals surface area contributed by atoms with Crippen LogP contribution < -0.4 is 21.3 Å². The number of aryl methyl sites for hydroxylation is 1. The minimum Gasteiger partial charge on any atom is -0.393 e. The van der Waals surface area contributed by atoms with Crippen LogP contribution in [-0.4, -0.2) is 70.7 Å². The van der Waals surface area contributed by atoms with Crippen molar-refractivity contribution in [3.05, 3.63) is 72.4 Å². The van der Waals surface area contributed by atoms with Crippen LogP contribution in [0.2, 0.25) is 0 Å². The van der Waals surface area contributed by atoms with E-state index in [1.165, 1.54) is 24.6 Å². The lowest BCUT2D eigenvalue weighted by atomic mass is 10.0. The number of aliphatic hydroxyl groups is 2. The average Bonchev–Trinajstić information content (AvgIpc) is 2.96. The zero-order valence-electron chi connectivity index (χ0n) is 25.5. The summed E-state index contributed by atoms with van der Waals surface area (Å²) >= 11 is 0. The molecule has 6 N–H and O–H groups in total. The number of unbranched alkanes of at least 4 members (excludes halogenated alkanes) is 3. The Hall–Kier alpha value is -3.76. The minimum atomic E-state index is -1.32. The molecule has 1 heterocycles. The van der Waals surface area contributed by atoms with Crippen molar-refractivity contribution in [1.82, 2.24) is 21.3 Å². The van der Waals surface area contributed by atoms with Gasteiger partial charge in [-0.05, 0) is 50.5 Å². The van der Waals surface area contributed by atoms with Gasteiger partial charge in [-0.3, -0.25) is 19.2 Å². The fraction of sp³-hybridized carbons (Fsp3) is 0.515. The van der Waals surface area contributed by atoms with Gasteiger partial charge in [-0.2, -0.15) is 0 Å². The Morgan fingerprint density at radius 1 is 1.07 bits per heavy atom. The second-order valence-electron chi connectivity index (χ2n) is 11.3. The first kappa shape index (κ1) is 35.4. The molecule has 5 atom stereocenters. The molecule has 0 aromatic heterocycles. The highest BCUT2D eigenvalue weighted by atomic mass is 16.3. The van der Waals surface area contributed by atoms with Crippen molar-refractivity contribution >= 4 is 23.6 Å². The van der Waals surface area contributed by atoms with Crippen LogP contribution in [-0.2, 0) is 25.6 Å². The Kier molecular flexibility index (Phi) is 16.0. The summed E-state index contributed by atoms with van der Waals surface area (Å²) in [5.41, 5.74) is 1.34. The molecule has 4 amide bonds. The number of allylic oxidation sites excluding steroid dienone is 3. The summed E-state index contributed by atoms with van der Waals surface area (Å²) in [6.07, 6.45) is 12.6. The zero-order chi connectivity index (χ0) is 31.6. The monoisotopic (exact) mass is 596 g/mol. The maximum Gasteiger partial charge on any atom is 0.245 e. The number of aliphatic hydroxyl groups excluding tert-OH is 2. The first-order valence-corrected chi connectivity index (χ1v) is 15.2. The van der Waals surface area contributed by atoms with Crippen LogP contribution in [0.4, 0.5) is 0 Å². The second kappa shape index (κ2) is 19.4. The molecule has 43 heavy (non-hydrogen) atoms. The van der Waals surface area contributed by atoms with Crippen molar-refractivity contribution < 1.29 is 29.4 Å². The van der Waals surface area contributed by atoms with E-state index < -0.39 is 48.1 Å². The van der Waals surface area contributed by atoms with Crippen LogP contribution in [0.1, 0.15) is 64.9 Å². The zero-order valence-corrected chi connectivity index (χ0v) is 25.5. The third kappa shape index (κ3) is 14.3. The normalized spacial score (nSPS) is 22.2. The van der Waals surface area contributed by atoms with Gasteiger partial charge in [-0.25, -0.2) is 0 Å². The summed E-state index contributed by atoms with van der Waals surface area (Å²) in [4.78, 5) is 50.7. The standard InChI is InChI=1S/C33H48N4O6/c1-23(2)27-18-19-29(40)34-21-20-26(39)22-28(32(42)35-27)36-33(43)31(24(3)38)37-30(41)17-13-8-6-4-5-7-10-14-25-15-11-9-12-16-25/h6,8-9,11-13,15-19,23-24,26-28,31,38-39H,4-5,7,10,14,20-22H2,1-3H3,(H,34,40)(H,35,42)(H,36,43)(H,37,41)/b8-6+,17-13+,19-18+/t24-,26?,27-,28?,31+/m1/s1. The maximum atomic E-state index is 13.1. The van der Waals surface area contributed by atoms with E-state index in [0.29, 0.717) is 0 Å². The van der Waals surface area contributed by atoms with Crippen molar-refractivity contribution in [3.63, 3.8) is 0 Å². The topological polar surface area (TPSA) is 157 Å². The quantitative estimate of drug-likeness (QED) is 0.117. The van der Waals surface area contributed by atoms with Gasteiger partial charge in [0, 0.05) is 31.2 Å². The number of nitrogens with one attached hydrogen (secondary N) is 4. The lowest BCUT2D eigenvalue weighted by molar-refractivity contribution is -0.134. The Labute approximate surface area is 255 Å². The number of carbonyl (C=O) groups excluding carboxylic acids is 4. The van der Waals surface area contributed by atoms with Gasteiger partial charge in [0.15, 0.2) is 0 Å². The van der Waals surface area contributed by atoms with Crippen LogP contribution in [0.15, 0.2) is 66.8 Å². The maximum absolute atomic E-state index is 13.1. The van der Waals surface area contributed by atoms with E-state index in [-0.39, 0.29) is 31.2 Å². The van der Waals surface area contributed by atoms with Gasteiger partial charge in [0.25, 0.3) is 0 Å². The number of carbonyl (C=O) groups is 4. The second-order valence-corrected chi connectivity index (χ2v) is 11.3. The van der Waals surface area contributed by atoms with Crippen LogP contribution in [0, 0.1) is 5.92 Å². The molecule has 1 aliphatic heterocycles. The molecule has 0 saturated carbocycles. The van der Waals surface area contributed by atoms with Crippen molar-refractivity contribution in [2.45, 2.75) is 96.1 Å². The van der Waals surface area contributed by atoms with E-state index in [4.69, 9.17) is 0 Å². The lowest BCUT2D eigenvalue weighted by Gasteiger charge is -2.28. The largest absolute Gasteiger partial charge is 0.393 e. The van der Waals surface area contributed by atoms with E-state index in [9.17, 15) is 29.4 Å². The van der Waals surface area contributed by atoms with Crippen LogP contribution in [0.5, 0.6) is 0 Å². The number of benzene rings is 1. The Morgan fingerprint density at radius 3 is 2.51 bits per heavy atom. The summed E-state index contributed by atoms with van der Waals surface area (Å²) in [6.45, 7) is 5.30. The smallest absolute Gasteiger partial charge is 0.245 e. The molecule has 1 aliphatic rings. The molecule has 0 aliphatic carbocycles. The van der Waals surface area contributed by atoms with Gasteiger partial charge >= 0.3 is 0 Å². The predicted octanol–water partition coefficient (Wildman–Crippen LogP) is 2.22. The minimum absolute atomic E-state index is 0.0535. The molecule has 1 aromatic rings. The third-order valence-corrected chi connectivity index (χ3v) is 7.14. The van der Waals surface area contributed by atoms with E-state index in [1.54, 1.807) is 18.2 Å². The van der Waals surface area contributed by atoms with Gasteiger partial charge in [0.2, 0.25) is 23.6 Å². The fourth-order valence-corrected chi connectivity index (χ4v) is 4.53. The highest BCUT2D eigenvalue weighted by Gasteiger charge is 2.31. The summed E-state index contributed by atoms with van der Waals surface area (Å²) in [6, 6.07) is 7.43. The molecule has 236 valence electrons. The highest BCUT2D eigenvalue weighted by Crippen LogP contribution is 2.10. The lowest BCUT2D eigenvalue weighted by Crippen LogP contribution is -2.58. The molecule has 0 bridgehead atoms. The van der Waals surface area contributed by atoms with E-state index >= 15 is 0 Å². The Bertz CT molecular complexity index is 1120. The van der Waals surface area contributed by atoms with E-state index in [1.807, 2.05) is 38.1 Å². The molecule has 0 spiro atoms. The van der Waals surface area contributed by atoms with Gasteiger partial charge in [0.1, 0.15) is 12.1 Å². The molecule has 0 saturated heterocycles. The molecule has 2 unspecified atom stereocenters. The van der Waals surface area contributed by atoms with Crippen LogP contribution in [0.3, 0.4) is 0 Å².